The first kappa shape index (κ1) is 18.4. The molecule has 1 aliphatic carbocycles. The average Bonchev–Trinajstić information content (AvgIpc) is 3.05. The van der Waals surface area contributed by atoms with Crippen molar-refractivity contribution in [2.45, 2.75) is 39.2 Å². The predicted molar refractivity (Wildman–Crippen MR) is 106 cm³/mol. The van der Waals surface area contributed by atoms with Crippen LogP contribution in [0.4, 0.5) is 0 Å². The van der Waals surface area contributed by atoms with Gasteiger partial charge in [0.2, 0.25) is 0 Å². The number of carbonyl (C=O) groups is 1. The van der Waals surface area contributed by atoms with Crippen molar-refractivity contribution in [2.75, 3.05) is 13.7 Å². The van der Waals surface area contributed by atoms with Gasteiger partial charge in [-0.2, -0.15) is 0 Å². The third kappa shape index (κ3) is 4.41. The van der Waals surface area contributed by atoms with Gasteiger partial charge < -0.3 is 10.1 Å². The van der Waals surface area contributed by atoms with Crippen LogP contribution in [0, 0.1) is 13.8 Å². The quantitative estimate of drug-likeness (QED) is 0.624. The normalized spacial score (nSPS) is 16.0. The molecule has 26 heavy (non-hydrogen) atoms. The summed E-state index contributed by atoms with van der Waals surface area (Å²) in [7, 11) is 1.39. The molecule has 0 fully saturated rings. The summed E-state index contributed by atoms with van der Waals surface area (Å²) in [6.45, 7) is 5.31. The lowest BCUT2D eigenvalue weighted by atomic mass is 10.0. The largest absolute Gasteiger partial charge is 0.466 e. The lowest BCUT2D eigenvalue weighted by Crippen LogP contribution is -2.21. The molecule has 3 heteroatoms. The maximum atomic E-state index is 11.2. The molecule has 3 rings (SSSR count). The lowest BCUT2D eigenvalue weighted by Gasteiger charge is -2.14. The Hall–Kier alpha value is -2.39. The zero-order valence-electron chi connectivity index (χ0n) is 15.8. The molecular weight excluding hydrogens is 322 g/mol. The molecule has 136 valence electrons. The van der Waals surface area contributed by atoms with E-state index < -0.39 is 0 Å². The molecule has 0 heterocycles. The Kier molecular flexibility index (Phi) is 5.89. The summed E-state index contributed by atoms with van der Waals surface area (Å²) in [6, 6.07) is 13.6. The highest BCUT2D eigenvalue weighted by Crippen LogP contribution is 2.32. The summed E-state index contributed by atoms with van der Waals surface area (Å²) < 4.78 is 4.64. The maximum Gasteiger partial charge on any atom is 0.330 e. The van der Waals surface area contributed by atoms with Crippen LogP contribution < -0.4 is 5.32 Å². The van der Waals surface area contributed by atoms with Gasteiger partial charge in [0.15, 0.2) is 0 Å². The van der Waals surface area contributed by atoms with E-state index in [1.807, 2.05) is 6.08 Å². The van der Waals surface area contributed by atoms with Crippen molar-refractivity contribution in [1.82, 2.24) is 5.32 Å². The minimum absolute atomic E-state index is 0.323. The van der Waals surface area contributed by atoms with Gasteiger partial charge in [0.05, 0.1) is 7.11 Å². The van der Waals surface area contributed by atoms with Gasteiger partial charge in [-0.15, -0.1) is 0 Å². The van der Waals surface area contributed by atoms with Crippen molar-refractivity contribution in [2.24, 2.45) is 0 Å². The van der Waals surface area contributed by atoms with Crippen LogP contribution in [-0.4, -0.2) is 19.6 Å². The monoisotopic (exact) mass is 349 g/mol. The van der Waals surface area contributed by atoms with E-state index in [0.29, 0.717) is 6.04 Å². The molecule has 0 radical (unpaired) electrons. The molecule has 0 amide bonds. The van der Waals surface area contributed by atoms with E-state index in [1.165, 1.54) is 41.0 Å². The molecule has 1 atom stereocenters. The molecule has 1 aliphatic rings. The number of rotatable bonds is 6. The number of hydrogen-bond donors (Lipinski definition) is 1. The molecule has 2 aromatic carbocycles. The minimum atomic E-state index is -0.323. The van der Waals surface area contributed by atoms with Crippen LogP contribution in [0.1, 0.15) is 45.8 Å². The number of methoxy groups -OCH3 is 1. The van der Waals surface area contributed by atoms with Crippen molar-refractivity contribution in [3.05, 3.63) is 75.9 Å². The van der Waals surface area contributed by atoms with E-state index >= 15 is 0 Å². The molecule has 3 nitrogen and oxygen atoms in total. The van der Waals surface area contributed by atoms with E-state index in [-0.39, 0.29) is 5.97 Å². The molecule has 2 aromatic rings. The van der Waals surface area contributed by atoms with Crippen molar-refractivity contribution in [3.63, 3.8) is 0 Å². The van der Waals surface area contributed by atoms with Gasteiger partial charge >= 0.3 is 5.97 Å². The predicted octanol–water partition coefficient (Wildman–Crippen LogP) is 4.31. The fourth-order valence-corrected chi connectivity index (χ4v) is 3.54. The van der Waals surface area contributed by atoms with Gasteiger partial charge in [-0.1, -0.05) is 36.4 Å². The highest BCUT2D eigenvalue weighted by atomic mass is 16.5. The number of nitrogens with one attached hydrogen (secondary N) is 1. The molecule has 0 bridgehead atoms. The second kappa shape index (κ2) is 8.33. The molecule has 0 spiro atoms. The first-order valence-corrected chi connectivity index (χ1v) is 9.25. The van der Waals surface area contributed by atoms with E-state index in [0.717, 1.165) is 31.4 Å². The highest BCUT2D eigenvalue weighted by molar-refractivity contribution is 5.86. The molecule has 0 aromatic heterocycles. The SMILES string of the molecule is COC(=O)/C=C/c1ccc2c(c1)CCC2NCCc1ccc(C)c(C)c1. The third-order valence-electron chi connectivity index (χ3n) is 5.23. The molecular formula is C23H27NO2. The van der Waals surface area contributed by atoms with Crippen LogP contribution in [0.2, 0.25) is 0 Å². The van der Waals surface area contributed by atoms with Crippen molar-refractivity contribution in [3.8, 4) is 0 Å². The number of hydrogen-bond acceptors (Lipinski definition) is 3. The van der Waals surface area contributed by atoms with E-state index in [1.54, 1.807) is 0 Å². The second-order valence-corrected chi connectivity index (χ2v) is 7.03. The first-order valence-electron chi connectivity index (χ1n) is 9.25. The number of fused-ring (bicyclic) bond motifs is 1. The van der Waals surface area contributed by atoms with Gasteiger partial charge in [-0.05, 0) is 79.1 Å². The van der Waals surface area contributed by atoms with E-state index in [2.05, 4.69) is 60.3 Å². The summed E-state index contributed by atoms with van der Waals surface area (Å²) >= 11 is 0. The Labute approximate surface area is 156 Å². The summed E-state index contributed by atoms with van der Waals surface area (Å²) in [5, 5.41) is 3.71. The third-order valence-corrected chi connectivity index (χ3v) is 5.23. The van der Waals surface area contributed by atoms with Gasteiger partial charge in [0.25, 0.3) is 0 Å². The number of ether oxygens (including phenoxy) is 1. The Morgan fingerprint density at radius 1 is 1.19 bits per heavy atom. The van der Waals surface area contributed by atoms with Crippen LogP contribution in [0.15, 0.2) is 42.5 Å². The Morgan fingerprint density at radius 3 is 2.81 bits per heavy atom. The molecule has 1 unspecified atom stereocenters. The molecule has 0 aliphatic heterocycles. The standard InChI is InChI=1S/C23H27NO2/c1-16-4-5-19(14-17(16)2)12-13-24-22-10-8-20-15-18(6-9-21(20)22)7-11-23(25)26-3/h4-7,9,11,14-15,22,24H,8,10,12-13H2,1-3H3/b11-7+. The van der Waals surface area contributed by atoms with Crippen LogP contribution in [0.5, 0.6) is 0 Å². The smallest absolute Gasteiger partial charge is 0.330 e. The minimum Gasteiger partial charge on any atom is -0.466 e. The zero-order chi connectivity index (χ0) is 18.5. The van der Waals surface area contributed by atoms with Crippen LogP contribution in [0.25, 0.3) is 6.08 Å². The van der Waals surface area contributed by atoms with Crippen molar-refractivity contribution in [1.29, 1.82) is 0 Å². The number of esters is 1. The summed E-state index contributed by atoms with van der Waals surface area (Å²) in [5.41, 5.74) is 7.91. The summed E-state index contributed by atoms with van der Waals surface area (Å²) in [4.78, 5) is 11.2. The molecule has 0 saturated carbocycles. The summed E-state index contributed by atoms with van der Waals surface area (Å²) in [5.74, 6) is -0.323. The van der Waals surface area contributed by atoms with Crippen molar-refractivity contribution < 1.29 is 9.53 Å². The van der Waals surface area contributed by atoms with Crippen molar-refractivity contribution >= 4 is 12.0 Å². The van der Waals surface area contributed by atoms with Gasteiger partial charge in [0.1, 0.15) is 0 Å². The number of benzene rings is 2. The van der Waals surface area contributed by atoms with Crippen LogP contribution in [-0.2, 0) is 22.4 Å². The highest BCUT2D eigenvalue weighted by Gasteiger charge is 2.21. The maximum absolute atomic E-state index is 11.2. The Bertz CT molecular complexity index is 823. The number of carbonyl (C=O) groups excluding carboxylic acids is 1. The molecule has 0 saturated heterocycles. The zero-order valence-corrected chi connectivity index (χ0v) is 15.8. The number of aryl methyl sites for hydroxylation is 3. The fourth-order valence-electron chi connectivity index (χ4n) is 3.54. The van der Waals surface area contributed by atoms with E-state index in [4.69, 9.17) is 0 Å². The topological polar surface area (TPSA) is 38.3 Å². The second-order valence-electron chi connectivity index (χ2n) is 7.03. The van der Waals surface area contributed by atoms with Crippen LogP contribution >= 0.6 is 0 Å². The van der Waals surface area contributed by atoms with Gasteiger partial charge in [0, 0.05) is 12.1 Å². The average molecular weight is 349 g/mol. The molecule has 1 N–H and O–H groups in total. The van der Waals surface area contributed by atoms with Gasteiger partial charge in [-0.3, -0.25) is 0 Å². The Morgan fingerprint density at radius 2 is 2.04 bits per heavy atom. The fraction of sp³-hybridized carbons (Fsp3) is 0.348. The van der Waals surface area contributed by atoms with Gasteiger partial charge in [-0.25, -0.2) is 4.79 Å². The summed E-state index contributed by atoms with van der Waals surface area (Å²) in [6.07, 6.45) is 6.54. The van der Waals surface area contributed by atoms with Crippen LogP contribution in [0.3, 0.4) is 0 Å². The van der Waals surface area contributed by atoms with E-state index in [9.17, 15) is 4.79 Å². The first-order chi connectivity index (χ1) is 12.6. The Balaban J connectivity index is 1.58. The lowest BCUT2D eigenvalue weighted by molar-refractivity contribution is -0.134.